The molecule has 4 heteroatoms. The van der Waals surface area contributed by atoms with Gasteiger partial charge in [0.25, 0.3) is 0 Å². The smallest absolute Gasteiger partial charge is 0.0762 e. The molecule has 0 aliphatic carbocycles. The number of nitrogens with zero attached hydrogens (tertiary/aromatic N) is 2. The van der Waals surface area contributed by atoms with Gasteiger partial charge in [-0.1, -0.05) is 0 Å². The lowest BCUT2D eigenvalue weighted by atomic mass is 10.1. The Bertz CT molecular complexity index is 414. The van der Waals surface area contributed by atoms with Crippen LogP contribution in [0.15, 0.2) is 18.3 Å². The molecule has 0 radical (unpaired) electrons. The van der Waals surface area contributed by atoms with Crippen LogP contribution in [-0.2, 0) is 11.3 Å². The molecule has 0 saturated carbocycles. The first kappa shape index (κ1) is 14.3. The third-order valence-corrected chi connectivity index (χ3v) is 3.44. The Labute approximate surface area is 116 Å². The Morgan fingerprint density at radius 1 is 1.47 bits per heavy atom. The van der Waals surface area contributed by atoms with Gasteiger partial charge < -0.3 is 15.0 Å². The minimum atomic E-state index is 0.118. The van der Waals surface area contributed by atoms with Crippen LogP contribution in [0.5, 0.6) is 0 Å². The second kappa shape index (κ2) is 5.88. The zero-order valence-corrected chi connectivity index (χ0v) is 12.4. The molecule has 1 fully saturated rings. The van der Waals surface area contributed by atoms with Crippen LogP contribution >= 0.6 is 0 Å². The van der Waals surface area contributed by atoms with Gasteiger partial charge in [0, 0.05) is 44.2 Å². The summed E-state index contributed by atoms with van der Waals surface area (Å²) in [6, 6.07) is 4.26. The number of anilines is 1. The van der Waals surface area contributed by atoms with Gasteiger partial charge in [0.2, 0.25) is 0 Å². The van der Waals surface area contributed by atoms with E-state index in [2.05, 4.69) is 48.1 Å². The van der Waals surface area contributed by atoms with Crippen molar-refractivity contribution in [3.63, 3.8) is 0 Å². The van der Waals surface area contributed by atoms with Crippen LogP contribution in [0, 0.1) is 0 Å². The molecule has 1 aliphatic rings. The molecule has 1 aromatic heterocycles. The SMILES string of the molecule is COC1CCN(c2ccnc(CNC(C)(C)C)c2)C1. The number of rotatable bonds is 4. The first-order chi connectivity index (χ1) is 8.98. The molecule has 0 aromatic carbocycles. The number of aromatic nitrogens is 1. The fourth-order valence-electron chi connectivity index (χ4n) is 2.27. The number of nitrogens with one attached hydrogen (secondary N) is 1. The van der Waals surface area contributed by atoms with Crippen LogP contribution in [0.1, 0.15) is 32.9 Å². The van der Waals surface area contributed by atoms with Crippen molar-refractivity contribution in [1.29, 1.82) is 0 Å². The second-order valence-corrected chi connectivity index (χ2v) is 6.20. The lowest BCUT2D eigenvalue weighted by molar-refractivity contribution is 0.121. The van der Waals surface area contributed by atoms with E-state index in [1.807, 2.05) is 6.20 Å². The largest absolute Gasteiger partial charge is 0.380 e. The van der Waals surface area contributed by atoms with Crippen LogP contribution in [0.25, 0.3) is 0 Å². The third kappa shape index (κ3) is 4.18. The standard InChI is InChI=1S/C15H25N3O/c1-15(2,3)17-10-12-9-13(5-7-16-12)18-8-6-14(11-18)19-4/h5,7,9,14,17H,6,8,10-11H2,1-4H3. The Morgan fingerprint density at radius 3 is 2.89 bits per heavy atom. The number of hydrogen-bond acceptors (Lipinski definition) is 4. The Hall–Kier alpha value is -1.13. The molecule has 2 heterocycles. The molecule has 1 aromatic rings. The fraction of sp³-hybridized carbons (Fsp3) is 0.667. The maximum absolute atomic E-state index is 5.42. The number of hydrogen-bond donors (Lipinski definition) is 1. The molecule has 0 bridgehead atoms. The Kier molecular flexibility index (Phi) is 4.42. The van der Waals surface area contributed by atoms with Crippen LogP contribution in [0.4, 0.5) is 5.69 Å². The van der Waals surface area contributed by atoms with Crippen LogP contribution < -0.4 is 10.2 Å². The highest BCUT2D eigenvalue weighted by Crippen LogP contribution is 2.21. The molecular formula is C15H25N3O. The summed E-state index contributed by atoms with van der Waals surface area (Å²) in [5, 5.41) is 3.47. The predicted octanol–water partition coefficient (Wildman–Crippen LogP) is 2.19. The molecule has 1 N–H and O–H groups in total. The van der Waals surface area contributed by atoms with E-state index in [-0.39, 0.29) is 5.54 Å². The summed E-state index contributed by atoms with van der Waals surface area (Å²) >= 11 is 0. The highest BCUT2D eigenvalue weighted by molar-refractivity contribution is 5.47. The maximum atomic E-state index is 5.42. The quantitative estimate of drug-likeness (QED) is 0.903. The molecule has 2 rings (SSSR count). The molecule has 0 spiro atoms. The summed E-state index contributed by atoms with van der Waals surface area (Å²) in [6.07, 6.45) is 3.37. The molecule has 1 atom stereocenters. The van der Waals surface area contributed by atoms with Crippen LogP contribution in [0.3, 0.4) is 0 Å². The normalized spacial score (nSPS) is 20.0. The number of methoxy groups -OCH3 is 1. The lowest BCUT2D eigenvalue weighted by Gasteiger charge is -2.22. The van der Waals surface area contributed by atoms with Crippen molar-refractivity contribution in [2.45, 2.75) is 45.4 Å². The summed E-state index contributed by atoms with van der Waals surface area (Å²) in [4.78, 5) is 6.80. The number of ether oxygens (including phenoxy) is 1. The third-order valence-electron chi connectivity index (χ3n) is 3.44. The zero-order chi connectivity index (χ0) is 13.9. The monoisotopic (exact) mass is 263 g/mol. The predicted molar refractivity (Wildman–Crippen MR) is 78.5 cm³/mol. The fourth-order valence-corrected chi connectivity index (χ4v) is 2.27. The zero-order valence-electron chi connectivity index (χ0n) is 12.4. The van der Waals surface area contributed by atoms with E-state index in [4.69, 9.17) is 4.74 Å². The Balaban J connectivity index is 1.99. The first-order valence-electron chi connectivity index (χ1n) is 6.95. The summed E-state index contributed by atoms with van der Waals surface area (Å²) in [7, 11) is 1.79. The van der Waals surface area contributed by atoms with Crippen molar-refractivity contribution in [1.82, 2.24) is 10.3 Å². The van der Waals surface area contributed by atoms with Crippen LogP contribution in [0.2, 0.25) is 0 Å². The summed E-state index contributed by atoms with van der Waals surface area (Å²) in [5.41, 5.74) is 2.46. The van der Waals surface area contributed by atoms with Gasteiger partial charge >= 0.3 is 0 Å². The average molecular weight is 263 g/mol. The van der Waals surface area contributed by atoms with Crippen molar-refractivity contribution >= 4 is 5.69 Å². The summed E-state index contributed by atoms with van der Waals surface area (Å²) in [5.74, 6) is 0. The van der Waals surface area contributed by atoms with Crippen molar-refractivity contribution in [3.05, 3.63) is 24.0 Å². The molecule has 0 amide bonds. The van der Waals surface area contributed by atoms with Crippen molar-refractivity contribution < 1.29 is 4.74 Å². The van der Waals surface area contributed by atoms with Gasteiger partial charge in [-0.05, 0) is 39.3 Å². The van der Waals surface area contributed by atoms with E-state index >= 15 is 0 Å². The Morgan fingerprint density at radius 2 is 2.26 bits per heavy atom. The van der Waals surface area contributed by atoms with Gasteiger partial charge in [-0.3, -0.25) is 4.98 Å². The van der Waals surface area contributed by atoms with E-state index in [0.717, 1.165) is 31.7 Å². The van der Waals surface area contributed by atoms with Crippen molar-refractivity contribution in [2.75, 3.05) is 25.1 Å². The summed E-state index contributed by atoms with van der Waals surface area (Å²) < 4.78 is 5.42. The van der Waals surface area contributed by atoms with Gasteiger partial charge in [-0.2, -0.15) is 0 Å². The molecule has 4 nitrogen and oxygen atoms in total. The molecule has 19 heavy (non-hydrogen) atoms. The average Bonchev–Trinajstić information content (AvgIpc) is 2.85. The maximum Gasteiger partial charge on any atom is 0.0762 e. The van der Waals surface area contributed by atoms with E-state index in [1.165, 1.54) is 5.69 Å². The topological polar surface area (TPSA) is 37.4 Å². The molecule has 1 saturated heterocycles. The van der Waals surface area contributed by atoms with Crippen LogP contribution in [-0.4, -0.2) is 36.8 Å². The highest BCUT2D eigenvalue weighted by Gasteiger charge is 2.22. The van der Waals surface area contributed by atoms with E-state index < -0.39 is 0 Å². The van der Waals surface area contributed by atoms with Crippen molar-refractivity contribution in [2.24, 2.45) is 0 Å². The molecule has 106 valence electrons. The van der Waals surface area contributed by atoms with E-state index in [0.29, 0.717) is 6.10 Å². The van der Waals surface area contributed by atoms with Gasteiger partial charge in [-0.25, -0.2) is 0 Å². The van der Waals surface area contributed by atoms with E-state index in [1.54, 1.807) is 7.11 Å². The minimum absolute atomic E-state index is 0.118. The molecular weight excluding hydrogens is 238 g/mol. The minimum Gasteiger partial charge on any atom is -0.380 e. The van der Waals surface area contributed by atoms with Gasteiger partial charge in [0.15, 0.2) is 0 Å². The highest BCUT2D eigenvalue weighted by atomic mass is 16.5. The summed E-state index contributed by atoms with van der Waals surface area (Å²) in [6.45, 7) is 9.35. The van der Waals surface area contributed by atoms with Gasteiger partial charge in [0.05, 0.1) is 11.8 Å². The van der Waals surface area contributed by atoms with Gasteiger partial charge in [0.1, 0.15) is 0 Å². The first-order valence-corrected chi connectivity index (χ1v) is 6.95. The molecule has 1 unspecified atom stereocenters. The van der Waals surface area contributed by atoms with Crippen molar-refractivity contribution in [3.8, 4) is 0 Å². The number of pyridine rings is 1. The second-order valence-electron chi connectivity index (χ2n) is 6.20. The lowest BCUT2D eigenvalue weighted by Crippen LogP contribution is -2.35. The van der Waals surface area contributed by atoms with E-state index in [9.17, 15) is 0 Å². The molecule has 1 aliphatic heterocycles. The van der Waals surface area contributed by atoms with Gasteiger partial charge in [-0.15, -0.1) is 0 Å².